The van der Waals surface area contributed by atoms with Crippen LogP contribution in [0.4, 0.5) is 0 Å². The van der Waals surface area contributed by atoms with Crippen LogP contribution in [-0.4, -0.2) is 28.2 Å². The molecular formula is C16H22N4OS. The van der Waals surface area contributed by atoms with Gasteiger partial charge in [-0.15, -0.1) is 11.3 Å². The number of rotatable bonds is 6. The molecule has 0 spiro atoms. The second-order valence-electron chi connectivity index (χ2n) is 5.84. The zero-order chi connectivity index (χ0) is 15.4. The average Bonchev–Trinajstić information content (AvgIpc) is 3.25. The lowest BCUT2D eigenvalue weighted by molar-refractivity contribution is -0.123. The lowest BCUT2D eigenvalue weighted by Crippen LogP contribution is -2.45. The summed E-state index contributed by atoms with van der Waals surface area (Å²) < 4.78 is 0. The van der Waals surface area contributed by atoms with E-state index in [1.165, 1.54) is 12.8 Å². The third-order valence-electron chi connectivity index (χ3n) is 4.18. The molecule has 22 heavy (non-hydrogen) atoms. The highest BCUT2D eigenvalue weighted by atomic mass is 32.1. The fraction of sp³-hybridized carbons (Fsp3) is 0.500. The summed E-state index contributed by atoms with van der Waals surface area (Å²) in [5.74, 6) is 0.0908. The van der Waals surface area contributed by atoms with Crippen molar-refractivity contribution in [2.75, 3.05) is 0 Å². The Bertz CT molecular complexity index is 601. The second kappa shape index (κ2) is 7.07. The largest absolute Gasteiger partial charge is 0.352 e. The van der Waals surface area contributed by atoms with E-state index in [-0.39, 0.29) is 11.9 Å². The van der Waals surface area contributed by atoms with Gasteiger partial charge in [0.05, 0.1) is 22.8 Å². The molecule has 1 fully saturated rings. The molecule has 1 atom stereocenters. The van der Waals surface area contributed by atoms with E-state index in [9.17, 15) is 4.79 Å². The van der Waals surface area contributed by atoms with E-state index in [0.717, 1.165) is 29.0 Å². The van der Waals surface area contributed by atoms with Gasteiger partial charge in [-0.1, -0.05) is 18.9 Å². The standard InChI is InChI=1S/C16H22N4OS/c1-11(16(21)19-13-5-2-3-6-13)17-9-12-10-18-20-15(12)14-7-4-8-22-14/h4,7-8,10-11,13,17H,2-3,5-6,9H2,1H3,(H,18,20)(H,19,21). The molecule has 6 heteroatoms. The van der Waals surface area contributed by atoms with Gasteiger partial charge in [-0.2, -0.15) is 5.10 Å². The fourth-order valence-electron chi connectivity index (χ4n) is 2.83. The van der Waals surface area contributed by atoms with Crippen molar-refractivity contribution in [3.8, 4) is 10.6 Å². The van der Waals surface area contributed by atoms with Crippen LogP contribution in [0, 0.1) is 0 Å². The van der Waals surface area contributed by atoms with E-state index in [0.29, 0.717) is 12.6 Å². The third-order valence-corrected chi connectivity index (χ3v) is 5.07. The molecule has 118 valence electrons. The van der Waals surface area contributed by atoms with Crippen LogP contribution in [-0.2, 0) is 11.3 Å². The first-order chi connectivity index (χ1) is 10.7. The molecule has 3 N–H and O–H groups in total. The average molecular weight is 318 g/mol. The summed E-state index contributed by atoms with van der Waals surface area (Å²) in [6, 6.07) is 4.26. The number of carbonyl (C=O) groups excluding carboxylic acids is 1. The lowest BCUT2D eigenvalue weighted by Gasteiger charge is -2.17. The number of thiophene rings is 1. The molecular weight excluding hydrogens is 296 g/mol. The van der Waals surface area contributed by atoms with Crippen molar-refractivity contribution in [1.29, 1.82) is 0 Å². The van der Waals surface area contributed by atoms with Crippen molar-refractivity contribution in [2.45, 2.75) is 51.2 Å². The summed E-state index contributed by atoms with van der Waals surface area (Å²) in [5, 5.41) is 15.6. The van der Waals surface area contributed by atoms with Crippen LogP contribution in [0.15, 0.2) is 23.7 Å². The van der Waals surface area contributed by atoms with E-state index in [1.54, 1.807) is 11.3 Å². The predicted molar refractivity (Wildman–Crippen MR) is 88.6 cm³/mol. The first-order valence-corrected chi connectivity index (χ1v) is 8.72. The van der Waals surface area contributed by atoms with E-state index < -0.39 is 0 Å². The smallest absolute Gasteiger partial charge is 0.237 e. The summed E-state index contributed by atoms with van der Waals surface area (Å²) in [6.45, 7) is 2.54. The number of carbonyl (C=O) groups is 1. The van der Waals surface area contributed by atoms with E-state index in [2.05, 4.69) is 26.9 Å². The minimum absolute atomic E-state index is 0.0908. The number of amides is 1. The highest BCUT2D eigenvalue weighted by Gasteiger charge is 2.20. The summed E-state index contributed by atoms with van der Waals surface area (Å²) in [5.41, 5.74) is 2.12. The van der Waals surface area contributed by atoms with Gasteiger partial charge in [0.15, 0.2) is 0 Å². The van der Waals surface area contributed by atoms with Crippen LogP contribution < -0.4 is 10.6 Å². The maximum absolute atomic E-state index is 12.2. The zero-order valence-corrected chi connectivity index (χ0v) is 13.6. The molecule has 0 aliphatic heterocycles. The van der Waals surface area contributed by atoms with Crippen LogP contribution in [0.25, 0.3) is 10.6 Å². The molecule has 1 aliphatic carbocycles. The number of nitrogens with one attached hydrogen (secondary N) is 3. The minimum Gasteiger partial charge on any atom is -0.352 e. The highest BCUT2D eigenvalue weighted by Crippen LogP contribution is 2.25. The monoisotopic (exact) mass is 318 g/mol. The molecule has 2 heterocycles. The Hall–Kier alpha value is -1.66. The Morgan fingerprint density at radius 2 is 2.32 bits per heavy atom. The Morgan fingerprint density at radius 3 is 3.05 bits per heavy atom. The van der Waals surface area contributed by atoms with Gasteiger partial charge >= 0.3 is 0 Å². The highest BCUT2D eigenvalue weighted by molar-refractivity contribution is 7.13. The lowest BCUT2D eigenvalue weighted by atomic mass is 10.2. The number of hydrogen-bond donors (Lipinski definition) is 3. The maximum atomic E-state index is 12.2. The van der Waals surface area contributed by atoms with Crippen LogP contribution in [0.5, 0.6) is 0 Å². The minimum atomic E-state index is -0.202. The molecule has 2 aromatic heterocycles. The van der Waals surface area contributed by atoms with Crippen molar-refractivity contribution >= 4 is 17.2 Å². The van der Waals surface area contributed by atoms with E-state index >= 15 is 0 Å². The summed E-state index contributed by atoms with van der Waals surface area (Å²) in [7, 11) is 0. The first kappa shape index (κ1) is 15.2. The molecule has 0 bridgehead atoms. The van der Waals surface area contributed by atoms with Crippen molar-refractivity contribution < 1.29 is 4.79 Å². The fourth-order valence-corrected chi connectivity index (χ4v) is 3.59. The zero-order valence-electron chi connectivity index (χ0n) is 12.8. The SMILES string of the molecule is CC(NCc1cn[nH]c1-c1cccs1)C(=O)NC1CCCC1. The van der Waals surface area contributed by atoms with Gasteiger partial charge in [-0.3, -0.25) is 9.89 Å². The van der Waals surface area contributed by atoms with Crippen LogP contribution in [0.2, 0.25) is 0 Å². The number of aromatic nitrogens is 2. The molecule has 0 aromatic carbocycles. The van der Waals surface area contributed by atoms with Crippen LogP contribution in [0.1, 0.15) is 38.2 Å². The molecule has 1 saturated carbocycles. The van der Waals surface area contributed by atoms with Gasteiger partial charge in [-0.25, -0.2) is 0 Å². The van der Waals surface area contributed by atoms with Gasteiger partial charge in [0.2, 0.25) is 5.91 Å². The molecule has 3 rings (SSSR count). The summed E-state index contributed by atoms with van der Waals surface area (Å²) in [4.78, 5) is 13.3. The topological polar surface area (TPSA) is 69.8 Å². The van der Waals surface area contributed by atoms with Gasteiger partial charge in [0, 0.05) is 18.2 Å². The van der Waals surface area contributed by atoms with Crippen molar-refractivity contribution in [2.24, 2.45) is 0 Å². The molecule has 5 nitrogen and oxygen atoms in total. The first-order valence-electron chi connectivity index (χ1n) is 7.84. The van der Waals surface area contributed by atoms with Gasteiger partial charge in [-0.05, 0) is 31.2 Å². The normalized spacial score (nSPS) is 16.8. The van der Waals surface area contributed by atoms with E-state index in [1.807, 2.05) is 24.6 Å². The third kappa shape index (κ3) is 3.56. The van der Waals surface area contributed by atoms with Gasteiger partial charge in [0.1, 0.15) is 0 Å². The molecule has 2 aromatic rings. The van der Waals surface area contributed by atoms with Crippen LogP contribution >= 0.6 is 11.3 Å². The van der Waals surface area contributed by atoms with Gasteiger partial charge in [0.25, 0.3) is 0 Å². The second-order valence-corrected chi connectivity index (χ2v) is 6.79. The van der Waals surface area contributed by atoms with Crippen molar-refractivity contribution in [3.05, 3.63) is 29.3 Å². The van der Waals surface area contributed by atoms with Gasteiger partial charge < -0.3 is 10.6 Å². The maximum Gasteiger partial charge on any atom is 0.237 e. The molecule has 0 saturated heterocycles. The Morgan fingerprint density at radius 1 is 1.50 bits per heavy atom. The molecule has 1 aliphatic rings. The van der Waals surface area contributed by atoms with Crippen LogP contribution in [0.3, 0.4) is 0 Å². The Kier molecular flexibility index (Phi) is 4.90. The number of nitrogens with zero attached hydrogens (tertiary/aromatic N) is 1. The molecule has 1 amide bonds. The summed E-state index contributed by atoms with van der Waals surface area (Å²) >= 11 is 1.68. The van der Waals surface area contributed by atoms with Crippen molar-refractivity contribution in [1.82, 2.24) is 20.8 Å². The predicted octanol–water partition coefficient (Wildman–Crippen LogP) is 2.68. The van der Waals surface area contributed by atoms with E-state index in [4.69, 9.17) is 0 Å². The number of hydrogen-bond acceptors (Lipinski definition) is 4. The summed E-state index contributed by atoms with van der Waals surface area (Å²) in [6.07, 6.45) is 6.51. The molecule has 0 radical (unpaired) electrons. The number of aromatic amines is 1. The molecule has 1 unspecified atom stereocenters. The van der Waals surface area contributed by atoms with Crippen molar-refractivity contribution in [3.63, 3.8) is 0 Å². The number of H-pyrrole nitrogens is 1. The Labute approximate surface area is 134 Å². The Balaban J connectivity index is 1.54. The quantitative estimate of drug-likeness (QED) is 0.767.